The zero-order valence-corrected chi connectivity index (χ0v) is 9.44. The van der Waals surface area contributed by atoms with Crippen LogP contribution in [0.2, 0.25) is 0 Å². The van der Waals surface area contributed by atoms with Crippen LogP contribution in [0.4, 0.5) is 0 Å². The van der Waals surface area contributed by atoms with Crippen LogP contribution in [0.25, 0.3) is 5.57 Å². The quantitative estimate of drug-likeness (QED) is 0.714. The van der Waals surface area contributed by atoms with Crippen molar-refractivity contribution in [1.82, 2.24) is 0 Å². The summed E-state index contributed by atoms with van der Waals surface area (Å²) in [6.45, 7) is 6.22. The molecule has 1 heteroatoms. The Hall–Kier alpha value is -1.08. The van der Waals surface area contributed by atoms with Crippen LogP contribution >= 0.6 is 0 Å². The van der Waals surface area contributed by atoms with Gasteiger partial charge in [0, 0.05) is 12.5 Å². The van der Waals surface area contributed by atoms with Gasteiger partial charge < -0.3 is 4.74 Å². The van der Waals surface area contributed by atoms with Crippen molar-refractivity contribution >= 4 is 5.57 Å². The SMILES string of the molecule is C/C(=C\[C@@H]1COC[C@@H]1C)c1ccccc1. The number of hydrogen-bond donors (Lipinski definition) is 0. The molecule has 2 atom stereocenters. The van der Waals surface area contributed by atoms with E-state index in [0.717, 1.165) is 13.2 Å². The summed E-state index contributed by atoms with van der Waals surface area (Å²) in [5.74, 6) is 1.24. The zero-order valence-electron chi connectivity index (χ0n) is 9.44. The predicted molar refractivity (Wildman–Crippen MR) is 63.6 cm³/mol. The summed E-state index contributed by atoms with van der Waals surface area (Å²) in [6, 6.07) is 10.5. The lowest BCUT2D eigenvalue weighted by Crippen LogP contribution is -2.05. The standard InChI is InChI=1S/C14H18O/c1-11(13-6-4-3-5-7-13)8-14-10-15-9-12(14)2/h3-8,12,14H,9-10H2,1-2H3/b11-8+/t12-,14+/m0/s1. The fraction of sp³-hybridized carbons (Fsp3) is 0.429. The van der Waals surface area contributed by atoms with Gasteiger partial charge in [0.2, 0.25) is 0 Å². The molecule has 0 radical (unpaired) electrons. The Kier molecular flexibility index (Phi) is 3.22. The van der Waals surface area contributed by atoms with E-state index in [-0.39, 0.29) is 0 Å². The minimum absolute atomic E-state index is 0.588. The van der Waals surface area contributed by atoms with Gasteiger partial charge >= 0.3 is 0 Å². The van der Waals surface area contributed by atoms with E-state index in [2.05, 4.69) is 50.3 Å². The van der Waals surface area contributed by atoms with E-state index in [4.69, 9.17) is 4.74 Å². The van der Waals surface area contributed by atoms with Gasteiger partial charge in [0.15, 0.2) is 0 Å². The molecule has 80 valence electrons. The molecule has 1 aromatic carbocycles. The highest BCUT2D eigenvalue weighted by Crippen LogP contribution is 2.25. The third-order valence-electron chi connectivity index (χ3n) is 3.12. The molecule has 2 rings (SSSR count). The summed E-state index contributed by atoms with van der Waals surface area (Å²) in [5, 5.41) is 0. The lowest BCUT2D eigenvalue weighted by Gasteiger charge is -2.09. The molecule has 1 nitrogen and oxygen atoms in total. The minimum Gasteiger partial charge on any atom is -0.381 e. The summed E-state index contributed by atoms with van der Waals surface area (Å²) in [4.78, 5) is 0. The molecule has 0 aliphatic carbocycles. The molecule has 1 aliphatic rings. The van der Waals surface area contributed by atoms with Crippen molar-refractivity contribution in [2.75, 3.05) is 13.2 Å². The van der Waals surface area contributed by atoms with E-state index < -0.39 is 0 Å². The Balaban J connectivity index is 2.13. The number of benzene rings is 1. The van der Waals surface area contributed by atoms with Crippen LogP contribution in [-0.2, 0) is 4.74 Å². The van der Waals surface area contributed by atoms with Crippen molar-refractivity contribution in [3.63, 3.8) is 0 Å². The zero-order chi connectivity index (χ0) is 10.7. The van der Waals surface area contributed by atoms with Crippen molar-refractivity contribution in [1.29, 1.82) is 0 Å². The summed E-state index contributed by atoms with van der Waals surface area (Å²) in [6.07, 6.45) is 2.35. The third kappa shape index (κ3) is 2.48. The maximum Gasteiger partial charge on any atom is 0.0532 e. The van der Waals surface area contributed by atoms with Crippen LogP contribution in [-0.4, -0.2) is 13.2 Å². The number of hydrogen-bond acceptors (Lipinski definition) is 1. The van der Waals surface area contributed by atoms with E-state index in [9.17, 15) is 0 Å². The Labute approximate surface area is 91.8 Å². The number of allylic oxidation sites excluding steroid dienone is 1. The van der Waals surface area contributed by atoms with Gasteiger partial charge in [-0.25, -0.2) is 0 Å². The van der Waals surface area contributed by atoms with Crippen LogP contribution < -0.4 is 0 Å². The monoisotopic (exact) mass is 202 g/mol. The highest BCUT2D eigenvalue weighted by Gasteiger charge is 2.22. The van der Waals surface area contributed by atoms with Gasteiger partial charge in [-0.2, -0.15) is 0 Å². The Morgan fingerprint density at radius 1 is 1.27 bits per heavy atom. The average molecular weight is 202 g/mol. The van der Waals surface area contributed by atoms with Crippen LogP contribution in [0, 0.1) is 11.8 Å². The Morgan fingerprint density at radius 2 is 2.00 bits per heavy atom. The lowest BCUT2D eigenvalue weighted by molar-refractivity contribution is 0.185. The molecule has 0 N–H and O–H groups in total. The number of rotatable bonds is 2. The van der Waals surface area contributed by atoms with E-state index >= 15 is 0 Å². The molecule has 1 fully saturated rings. The van der Waals surface area contributed by atoms with Gasteiger partial charge in [-0.15, -0.1) is 0 Å². The van der Waals surface area contributed by atoms with Crippen molar-refractivity contribution in [3.05, 3.63) is 42.0 Å². The molecular formula is C14H18O. The summed E-state index contributed by atoms with van der Waals surface area (Å²) < 4.78 is 5.46. The molecule has 0 saturated carbocycles. The first kappa shape index (κ1) is 10.4. The molecule has 0 aromatic heterocycles. The highest BCUT2D eigenvalue weighted by molar-refractivity contribution is 5.63. The second kappa shape index (κ2) is 4.63. The summed E-state index contributed by atoms with van der Waals surface area (Å²) in [5.41, 5.74) is 2.68. The van der Waals surface area contributed by atoms with Gasteiger partial charge in [-0.1, -0.05) is 43.3 Å². The van der Waals surface area contributed by atoms with E-state index in [1.807, 2.05) is 0 Å². The molecular weight excluding hydrogens is 184 g/mol. The smallest absolute Gasteiger partial charge is 0.0532 e. The minimum atomic E-state index is 0.588. The average Bonchev–Trinajstić information content (AvgIpc) is 2.66. The van der Waals surface area contributed by atoms with Crippen LogP contribution in [0.3, 0.4) is 0 Å². The van der Waals surface area contributed by atoms with E-state index in [0.29, 0.717) is 11.8 Å². The van der Waals surface area contributed by atoms with Gasteiger partial charge in [0.25, 0.3) is 0 Å². The summed E-state index contributed by atoms with van der Waals surface area (Å²) >= 11 is 0. The van der Waals surface area contributed by atoms with Crippen molar-refractivity contribution in [3.8, 4) is 0 Å². The number of ether oxygens (including phenoxy) is 1. The maximum atomic E-state index is 5.46. The van der Waals surface area contributed by atoms with Crippen LogP contribution in [0.15, 0.2) is 36.4 Å². The Bertz CT molecular complexity index is 340. The fourth-order valence-corrected chi connectivity index (χ4v) is 2.01. The molecule has 15 heavy (non-hydrogen) atoms. The topological polar surface area (TPSA) is 9.23 Å². The molecule has 1 saturated heterocycles. The van der Waals surface area contributed by atoms with Gasteiger partial charge in [-0.05, 0) is 24.0 Å². The van der Waals surface area contributed by atoms with E-state index in [1.54, 1.807) is 0 Å². The molecule has 1 aromatic rings. The third-order valence-corrected chi connectivity index (χ3v) is 3.12. The largest absolute Gasteiger partial charge is 0.381 e. The predicted octanol–water partition coefficient (Wildman–Crippen LogP) is 3.37. The van der Waals surface area contributed by atoms with Gasteiger partial charge in [0.05, 0.1) is 6.61 Å². The van der Waals surface area contributed by atoms with Gasteiger partial charge in [-0.3, -0.25) is 0 Å². The van der Waals surface area contributed by atoms with Crippen LogP contribution in [0.5, 0.6) is 0 Å². The second-order valence-corrected chi connectivity index (χ2v) is 4.39. The van der Waals surface area contributed by atoms with Crippen molar-refractivity contribution in [2.24, 2.45) is 11.8 Å². The first-order valence-corrected chi connectivity index (χ1v) is 5.59. The molecule has 0 spiro atoms. The Morgan fingerprint density at radius 3 is 2.60 bits per heavy atom. The molecule has 0 unspecified atom stereocenters. The lowest BCUT2D eigenvalue weighted by atomic mass is 9.94. The van der Waals surface area contributed by atoms with Gasteiger partial charge in [0.1, 0.15) is 0 Å². The normalized spacial score (nSPS) is 26.9. The fourth-order valence-electron chi connectivity index (χ4n) is 2.01. The second-order valence-electron chi connectivity index (χ2n) is 4.39. The summed E-state index contributed by atoms with van der Waals surface area (Å²) in [7, 11) is 0. The first-order chi connectivity index (χ1) is 7.27. The molecule has 0 amide bonds. The van der Waals surface area contributed by atoms with E-state index in [1.165, 1.54) is 11.1 Å². The highest BCUT2D eigenvalue weighted by atomic mass is 16.5. The molecule has 1 aliphatic heterocycles. The van der Waals surface area contributed by atoms with Crippen molar-refractivity contribution in [2.45, 2.75) is 13.8 Å². The molecule has 1 heterocycles. The maximum absolute atomic E-state index is 5.46. The van der Waals surface area contributed by atoms with Crippen molar-refractivity contribution < 1.29 is 4.74 Å². The molecule has 0 bridgehead atoms. The first-order valence-electron chi connectivity index (χ1n) is 5.59. The van der Waals surface area contributed by atoms with Crippen LogP contribution in [0.1, 0.15) is 19.4 Å².